The number of carboxylic acids is 1. The number of thiazole rings is 1. The number of imidazole rings is 1. The van der Waals surface area contributed by atoms with Crippen LogP contribution in [0.4, 0.5) is 0 Å². The molecule has 0 aliphatic carbocycles. The third-order valence-corrected chi connectivity index (χ3v) is 5.77. The maximum Gasteiger partial charge on any atom is 0.309 e. The zero-order chi connectivity index (χ0) is 20.0. The van der Waals surface area contributed by atoms with Crippen molar-refractivity contribution in [2.24, 2.45) is 0 Å². The summed E-state index contributed by atoms with van der Waals surface area (Å²) in [7, 11) is 0. The van der Waals surface area contributed by atoms with E-state index in [-0.39, 0.29) is 6.42 Å². The SMILES string of the molecule is Cc1ccc(-c2csc3nc(-c4ccc5c(c4)OCCO5)c(CC(=O)O)n23)cc1. The highest BCUT2D eigenvalue weighted by molar-refractivity contribution is 7.15. The third-order valence-electron chi connectivity index (χ3n) is 4.94. The van der Waals surface area contributed by atoms with E-state index >= 15 is 0 Å². The van der Waals surface area contributed by atoms with Gasteiger partial charge in [-0.25, -0.2) is 4.98 Å². The average Bonchev–Trinajstić information content (AvgIpc) is 3.28. The lowest BCUT2D eigenvalue weighted by Crippen LogP contribution is -2.15. The Balaban J connectivity index is 1.70. The van der Waals surface area contributed by atoms with Crippen molar-refractivity contribution in [1.29, 1.82) is 0 Å². The van der Waals surface area contributed by atoms with Crippen LogP contribution < -0.4 is 9.47 Å². The molecule has 1 aliphatic heterocycles. The molecule has 7 heteroatoms. The van der Waals surface area contributed by atoms with Crippen molar-refractivity contribution in [1.82, 2.24) is 9.38 Å². The van der Waals surface area contributed by atoms with Gasteiger partial charge in [0, 0.05) is 10.9 Å². The fourth-order valence-corrected chi connectivity index (χ4v) is 4.49. The first-order chi connectivity index (χ1) is 14.1. The normalized spacial score (nSPS) is 13.0. The second-order valence-electron chi connectivity index (χ2n) is 6.94. The number of aromatic nitrogens is 2. The first-order valence-corrected chi connectivity index (χ1v) is 10.2. The van der Waals surface area contributed by atoms with E-state index in [9.17, 15) is 9.90 Å². The summed E-state index contributed by atoms with van der Waals surface area (Å²) in [5.41, 5.74) is 5.27. The maximum absolute atomic E-state index is 11.7. The number of rotatable bonds is 4. The summed E-state index contributed by atoms with van der Waals surface area (Å²) < 4.78 is 13.2. The molecule has 0 atom stereocenters. The topological polar surface area (TPSA) is 73.1 Å². The van der Waals surface area contributed by atoms with E-state index in [0.717, 1.165) is 21.8 Å². The Morgan fingerprint density at radius 2 is 1.83 bits per heavy atom. The van der Waals surface area contributed by atoms with E-state index in [1.807, 2.05) is 59.2 Å². The monoisotopic (exact) mass is 406 g/mol. The molecule has 29 heavy (non-hydrogen) atoms. The maximum atomic E-state index is 11.7. The first kappa shape index (κ1) is 17.8. The molecular formula is C22H18N2O4S. The Morgan fingerprint density at radius 3 is 2.59 bits per heavy atom. The number of nitrogens with zero attached hydrogens (tertiary/aromatic N) is 2. The highest BCUT2D eigenvalue weighted by Crippen LogP contribution is 2.38. The van der Waals surface area contributed by atoms with Gasteiger partial charge in [-0.05, 0) is 30.7 Å². The Hall–Kier alpha value is -3.32. The lowest BCUT2D eigenvalue weighted by molar-refractivity contribution is -0.136. The van der Waals surface area contributed by atoms with E-state index < -0.39 is 5.97 Å². The quantitative estimate of drug-likeness (QED) is 0.543. The number of fused-ring (bicyclic) bond motifs is 2. The minimum absolute atomic E-state index is 0.124. The van der Waals surface area contributed by atoms with Crippen LogP contribution in [0.25, 0.3) is 27.5 Å². The Bertz CT molecular complexity index is 1220. The number of benzene rings is 2. The third kappa shape index (κ3) is 3.13. The predicted octanol–water partition coefficient (Wildman–Crippen LogP) is 4.44. The van der Waals surface area contributed by atoms with E-state index in [1.54, 1.807) is 0 Å². The zero-order valence-electron chi connectivity index (χ0n) is 15.7. The van der Waals surface area contributed by atoms with E-state index in [4.69, 9.17) is 14.5 Å². The van der Waals surface area contributed by atoms with Crippen molar-refractivity contribution in [2.45, 2.75) is 13.3 Å². The zero-order valence-corrected chi connectivity index (χ0v) is 16.5. The molecule has 0 unspecified atom stereocenters. The molecular weight excluding hydrogens is 388 g/mol. The van der Waals surface area contributed by atoms with Gasteiger partial charge < -0.3 is 14.6 Å². The predicted molar refractivity (Wildman–Crippen MR) is 111 cm³/mol. The summed E-state index contributed by atoms with van der Waals surface area (Å²) in [6, 6.07) is 13.8. The van der Waals surface area contributed by atoms with Gasteiger partial charge in [0.15, 0.2) is 16.5 Å². The largest absolute Gasteiger partial charge is 0.486 e. The van der Waals surface area contributed by atoms with Gasteiger partial charge >= 0.3 is 5.97 Å². The minimum atomic E-state index is -0.897. The van der Waals surface area contributed by atoms with Crippen molar-refractivity contribution in [2.75, 3.05) is 13.2 Å². The number of aliphatic carboxylic acids is 1. The molecule has 6 nitrogen and oxygen atoms in total. The standard InChI is InChI=1S/C22H18N2O4S/c1-13-2-4-14(5-3-13)17-12-29-22-23-21(16(24(17)22)11-20(25)26)15-6-7-18-19(10-15)28-9-8-27-18/h2-7,10,12H,8-9,11H2,1H3,(H,25,26). The van der Waals surface area contributed by atoms with Crippen LogP contribution in [0.1, 0.15) is 11.3 Å². The molecule has 1 aliphatic rings. The van der Waals surface area contributed by atoms with Crippen LogP contribution in [-0.4, -0.2) is 33.7 Å². The number of ether oxygens (including phenoxy) is 2. The van der Waals surface area contributed by atoms with Crippen LogP contribution in [0.2, 0.25) is 0 Å². The molecule has 0 bridgehead atoms. The number of carboxylic acid groups (broad SMARTS) is 1. The van der Waals surface area contributed by atoms with Crippen molar-refractivity contribution >= 4 is 22.3 Å². The van der Waals surface area contributed by atoms with Crippen LogP contribution in [-0.2, 0) is 11.2 Å². The Morgan fingerprint density at radius 1 is 1.10 bits per heavy atom. The van der Waals surface area contributed by atoms with Crippen LogP contribution in [0.5, 0.6) is 11.5 Å². The van der Waals surface area contributed by atoms with Gasteiger partial charge in [0.2, 0.25) is 0 Å². The number of carbonyl (C=O) groups is 1. The lowest BCUT2D eigenvalue weighted by Gasteiger charge is -2.18. The molecule has 2 aromatic heterocycles. The van der Waals surface area contributed by atoms with E-state index in [0.29, 0.717) is 36.1 Å². The van der Waals surface area contributed by atoms with E-state index in [1.165, 1.54) is 16.9 Å². The molecule has 1 N–H and O–H groups in total. The van der Waals surface area contributed by atoms with Crippen molar-refractivity contribution < 1.29 is 19.4 Å². The second kappa shape index (κ2) is 6.93. The molecule has 146 valence electrons. The summed E-state index contributed by atoms with van der Waals surface area (Å²) >= 11 is 1.50. The summed E-state index contributed by atoms with van der Waals surface area (Å²) in [5.74, 6) is 0.456. The summed E-state index contributed by atoms with van der Waals surface area (Å²) in [4.78, 5) is 17.2. The molecule has 0 amide bonds. The van der Waals surface area contributed by atoms with Gasteiger partial charge in [-0.15, -0.1) is 11.3 Å². The highest BCUT2D eigenvalue weighted by atomic mass is 32.1. The molecule has 3 heterocycles. The average molecular weight is 406 g/mol. The van der Waals surface area contributed by atoms with Gasteiger partial charge in [-0.3, -0.25) is 9.20 Å². The number of aryl methyl sites for hydroxylation is 1. The molecule has 4 aromatic rings. The van der Waals surface area contributed by atoms with Gasteiger partial charge in [-0.1, -0.05) is 29.8 Å². The molecule has 2 aromatic carbocycles. The summed E-state index contributed by atoms with van der Waals surface area (Å²) in [5, 5.41) is 11.6. The first-order valence-electron chi connectivity index (χ1n) is 9.28. The summed E-state index contributed by atoms with van der Waals surface area (Å²) in [6.45, 7) is 3.06. The van der Waals surface area contributed by atoms with Crippen LogP contribution in [0, 0.1) is 6.92 Å². The van der Waals surface area contributed by atoms with Crippen LogP contribution >= 0.6 is 11.3 Å². The highest BCUT2D eigenvalue weighted by Gasteiger charge is 2.22. The molecule has 0 saturated heterocycles. The molecule has 0 radical (unpaired) electrons. The summed E-state index contributed by atoms with van der Waals surface area (Å²) in [6.07, 6.45) is -0.124. The Kier molecular flexibility index (Phi) is 4.24. The fourth-order valence-electron chi connectivity index (χ4n) is 3.57. The Labute approximate surface area is 171 Å². The minimum Gasteiger partial charge on any atom is -0.486 e. The molecule has 0 fully saturated rings. The van der Waals surface area contributed by atoms with Crippen LogP contribution in [0.3, 0.4) is 0 Å². The van der Waals surface area contributed by atoms with E-state index in [2.05, 4.69) is 0 Å². The molecule has 0 spiro atoms. The van der Waals surface area contributed by atoms with Crippen LogP contribution in [0.15, 0.2) is 47.8 Å². The fraction of sp³-hybridized carbons (Fsp3) is 0.182. The van der Waals surface area contributed by atoms with Gasteiger partial charge in [0.05, 0.1) is 23.5 Å². The number of hydrogen-bond donors (Lipinski definition) is 1. The lowest BCUT2D eigenvalue weighted by atomic mass is 10.1. The van der Waals surface area contributed by atoms with Crippen molar-refractivity contribution in [3.05, 3.63) is 59.1 Å². The second-order valence-corrected chi connectivity index (χ2v) is 7.78. The van der Waals surface area contributed by atoms with Crippen molar-refractivity contribution in [3.8, 4) is 34.0 Å². The van der Waals surface area contributed by atoms with Gasteiger partial charge in [-0.2, -0.15) is 0 Å². The van der Waals surface area contributed by atoms with Gasteiger partial charge in [0.25, 0.3) is 0 Å². The number of hydrogen-bond acceptors (Lipinski definition) is 5. The smallest absolute Gasteiger partial charge is 0.309 e. The molecule has 0 saturated carbocycles. The van der Waals surface area contributed by atoms with Crippen molar-refractivity contribution in [3.63, 3.8) is 0 Å². The molecule has 5 rings (SSSR count). The van der Waals surface area contributed by atoms with Gasteiger partial charge in [0.1, 0.15) is 13.2 Å².